The lowest BCUT2D eigenvalue weighted by Gasteiger charge is -2.55. The molecule has 0 aromatic heterocycles. The quantitative estimate of drug-likeness (QED) is 0.816. The number of hydrogen-bond donors (Lipinski definition) is 1. The Bertz CT molecular complexity index is 417. The van der Waals surface area contributed by atoms with Gasteiger partial charge >= 0.3 is 0 Å². The van der Waals surface area contributed by atoms with Gasteiger partial charge in [0.2, 0.25) is 0 Å². The van der Waals surface area contributed by atoms with Crippen LogP contribution in [0.4, 0.5) is 0 Å². The van der Waals surface area contributed by atoms with Crippen LogP contribution in [0.5, 0.6) is 0 Å². The van der Waals surface area contributed by atoms with E-state index >= 15 is 0 Å². The molecule has 0 aliphatic heterocycles. The SMILES string of the molecule is CCCNC1CC(c2cc(C)cc(C)c2)C1(C)CC. The molecule has 106 valence electrons. The van der Waals surface area contributed by atoms with Crippen molar-refractivity contribution in [2.75, 3.05) is 6.54 Å². The first-order valence-electron chi connectivity index (χ1n) is 7.82. The zero-order valence-corrected chi connectivity index (χ0v) is 13.2. The van der Waals surface area contributed by atoms with Crippen LogP contribution in [0.25, 0.3) is 0 Å². The molecule has 0 spiro atoms. The molecule has 1 fully saturated rings. The van der Waals surface area contributed by atoms with Gasteiger partial charge in [-0.25, -0.2) is 0 Å². The maximum atomic E-state index is 3.74. The van der Waals surface area contributed by atoms with E-state index in [9.17, 15) is 0 Å². The second-order valence-corrected chi connectivity index (χ2v) is 6.58. The molecule has 1 saturated carbocycles. The molecule has 0 radical (unpaired) electrons. The van der Waals surface area contributed by atoms with Gasteiger partial charge in [0.25, 0.3) is 0 Å². The summed E-state index contributed by atoms with van der Waals surface area (Å²) in [5.41, 5.74) is 4.78. The number of nitrogens with one attached hydrogen (secondary N) is 1. The van der Waals surface area contributed by atoms with E-state index in [1.807, 2.05) is 0 Å². The van der Waals surface area contributed by atoms with Crippen LogP contribution in [-0.4, -0.2) is 12.6 Å². The van der Waals surface area contributed by atoms with Crippen LogP contribution in [-0.2, 0) is 0 Å². The van der Waals surface area contributed by atoms with E-state index in [-0.39, 0.29) is 0 Å². The van der Waals surface area contributed by atoms with Crippen molar-refractivity contribution in [1.29, 1.82) is 0 Å². The fourth-order valence-electron chi connectivity index (χ4n) is 3.71. The number of hydrogen-bond acceptors (Lipinski definition) is 1. The molecular weight excluding hydrogens is 230 g/mol. The van der Waals surface area contributed by atoms with E-state index in [1.54, 1.807) is 5.56 Å². The lowest BCUT2D eigenvalue weighted by molar-refractivity contribution is 0.0445. The Morgan fingerprint density at radius 1 is 1.16 bits per heavy atom. The van der Waals surface area contributed by atoms with Gasteiger partial charge in [-0.2, -0.15) is 0 Å². The van der Waals surface area contributed by atoms with Gasteiger partial charge in [-0.3, -0.25) is 0 Å². The molecule has 3 unspecified atom stereocenters. The Morgan fingerprint density at radius 3 is 2.32 bits per heavy atom. The van der Waals surface area contributed by atoms with Gasteiger partial charge in [0.15, 0.2) is 0 Å². The smallest absolute Gasteiger partial charge is 0.0133 e. The Kier molecular flexibility index (Phi) is 4.35. The molecular formula is C18H29N. The minimum Gasteiger partial charge on any atom is -0.313 e. The Morgan fingerprint density at radius 2 is 1.79 bits per heavy atom. The first kappa shape index (κ1) is 14.6. The average Bonchev–Trinajstić information content (AvgIpc) is 2.35. The van der Waals surface area contributed by atoms with E-state index in [4.69, 9.17) is 0 Å². The number of rotatable bonds is 5. The van der Waals surface area contributed by atoms with Crippen LogP contribution >= 0.6 is 0 Å². The number of aryl methyl sites for hydroxylation is 2. The molecule has 1 heteroatoms. The molecule has 0 saturated heterocycles. The standard InChI is InChI=1S/C18H29N/c1-6-8-19-17-12-16(18(17,5)7-2)15-10-13(3)9-14(4)11-15/h9-11,16-17,19H,6-8,12H2,1-5H3. The van der Waals surface area contributed by atoms with Crippen molar-refractivity contribution >= 4 is 0 Å². The van der Waals surface area contributed by atoms with Crippen molar-refractivity contribution in [2.24, 2.45) is 5.41 Å². The van der Waals surface area contributed by atoms with Gasteiger partial charge in [-0.1, -0.05) is 50.1 Å². The monoisotopic (exact) mass is 259 g/mol. The summed E-state index contributed by atoms with van der Waals surface area (Å²) >= 11 is 0. The van der Waals surface area contributed by atoms with Gasteiger partial charge in [0.05, 0.1) is 0 Å². The van der Waals surface area contributed by atoms with Crippen molar-refractivity contribution in [3.63, 3.8) is 0 Å². The molecule has 0 bridgehead atoms. The van der Waals surface area contributed by atoms with Gasteiger partial charge in [0.1, 0.15) is 0 Å². The average molecular weight is 259 g/mol. The van der Waals surface area contributed by atoms with Crippen LogP contribution in [0, 0.1) is 19.3 Å². The third kappa shape index (κ3) is 2.72. The van der Waals surface area contributed by atoms with Gasteiger partial charge in [0, 0.05) is 6.04 Å². The predicted molar refractivity (Wildman–Crippen MR) is 83.8 cm³/mol. The summed E-state index contributed by atoms with van der Waals surface area (Å²) in [4.78, 5) is 0. The van der Waals surface area contributed by atoms with E-state index < -0.39 is 0 Å². The Hall–Kier alpha value is -0.820. The summed E-state index contributed by atoms with van der Waals surface area (Å²) in [6.07, 6.45) is 3.78. The Balaban J connectivity index is 2.17. The molecule has 0 heterocycles. The minimum absolute atomic E-state index is 0.426. The molecule has 1 aromatic carbocycles. The fourth-order valence-corrected chi connectivity index (χ4v) is 3.71. The summed E-state index contributed by atoms with van der Waals surface area (Å²) in [5.74, 6) is 0.727. The van der Waals surface area contributed by atoms with Crippen molar-refractivity contribution in [3.8, 4) is 0 Å². The zero-order chi connectivity index (χ0) is 14.0. The maximum absolute atomic E-state index is 3.74. The minimum atomic E-state index is 0.426. The van der Waals surface area contributed by atoms with E-state index in [0.717, 1.165) is 12.5 Å². The molecule has 1 aliphatic carbocycles. The second kappa shape index (κ2) is 5.66. The molecule has 0 amide bonds. The van der Waals surface area contributed by atoms with Gasteiger partial charge in [-0.15, -0.1) is 0 Å². The van der Waals surface area contributed by atoms with Crippen molar-refractivity contribution in [2.45, 2.75) is 65.8 Å². The van der Waals surface area contributed by atoms with Crippen LogP contribution in [0.15, 0.2) is 18.2 Å². The van der Waals surface area contributed by atoms with Crippen LogP contribution in [0.2, 0.25) is 0 Å². The lowest BCUT2D eigenvalue weighted by Crippen LogP contribution is -2.56. The van der Waals surface area contributed by atoms with Crippen LogP contribution in [0.1, 0.15) is 62.6 Å². The normalized spacial score (nSPS) is 30.2. The van der Waals surface area contributed by atoms with E-state index in [1.165, 1.54) is 30.4 Å². The molecule has 19 heavy (non-hydrogen) atoms. The van der Waals surface area contributed by atoms with Gasteiger partial charge in [-0.05, 0) is 56.6 Å². The molecule has 1 aliphatic rings. The highest BCUT2D eigenvalue weighted by molar-refractivity contribution is 5.35. The lowest BCUT2D eigenvalue weighted by atomic mass is 9.54. The summed E-state index contributed by atoms with van der Waals surface area (Å²) in [6, 6.07) is 7.75. The molecule has 2 rings (SSSR count). The largest absolute Gasteiger partial charge is 0.313 e. The highest BCUT2D eigenvalue weighted by Crippen LogP contribution is 2.55. The van der Waals surface area contributed by atoms with Crippen molar-refractivity contribution in [1.82, 2.24) is 5.32 Å². The fraction of sp³-hybridized carbons (Fsp3) is 0.667. The molecule has 1 nitrogen and oxygen atoms in total. The summed E-state index contributed by atoms with van der Waals surface area (Å²) < 4.78 is 0. The topological polar surface area (TPSA) is 12.0 Å². The van der Waals surface area contributed by atoms with Gasteiger partial charge < -0.3 is 5.32 Å². The summed E-state index contributed by atoms with van der Waals surface area (Å²) in [6.45, 7) is 12.6. The van der Waals surface area contributed by atoms with Crippen LogP contribution in [0.3, 0.4) is 0 Å². The first-order chi connectivity index (χ1) is 9.01. The van der Waals surface area contributed by atoms with Crippen molar-refractivity contribution in [3.05, 3.63) is 34.9 Å². The zero-order valence-electron chi connectivity index (χ0n) is 13.2. The summed E-state index contributed by atoms with van der Waals surface area (Å²) in [7, 11) is 0. The van der Waals surface area contributed by atoms with E-state index in [0.29, 0.717) is 11.5 Å². The van der Waals surface area contributed by atoms with Crippen molar-refractivity contribution < 1.29 is 0 Å². The highest BCUT2D eigenvalue weighted by atomic mass is 15.0. The Labute approximate surface area is 118 Å². The molecule has 3 atom stereocenters. The number of benzene rings is 1. The van der Waals surface area contributed by atoms with E-state index in [2.05, 4.69) is 58.1 Å². The maximum Gasteiger partial charge on any atom is 0.0133 e. The third-order valence-corrected chi connectivity index (χ3v) is 5.11. The summed E-state index contributed by atoms with van der Waals surface area (Å²) in [5, 5.41) is 3.74. The predicted octanol–water partition coefficient (Wildman–Crippen LogP) is 4.58. The highest BCUT2D eigenvalue weighted by Gasteiger charge is 2.50. The molecule has 1 aromatic rings. The third-order valence-electron chi connectivity index (χ3n) is 5.11. The second-order valence-electron chi connectivity index (χ2n) is 6.58. The van der Waals surface area contributed by atoms with Crippen LogP contribution < -0.4 is 5.32 Å². The molecule has 1 N–H and O–H groups in total. The first-order valence-corrected chi connectivity index (χ1v) is 7.82.